The molecule has 0 atom stereocenters. The average molecular weight is 592 g/mol. The largest absolute Gasteiger partial charge is 0.434 e. The Balaban J connectivity index is 1.41. The molecule has 1 amide bonds. The van der Waals surface area contributed by atoms with Crippen molar-refractivity contribution >= 4 is 33.2 Å². The van der Waals surface area contributed by atoms with Crippen LogP contribution in [0.2, 0.25) is 0 Å². The van der Waals surface area contributed by atoms with E-state index >= 15 is 0 Å². The Morgan fingerprint density at radius 3 is 2.71 bits per heavy atom. The molecule has 6 rings (SSSR count). The highest BCUT2D eigenvalue weighted by atomic mass is 32.2. The van der Waals surface area contributed by atoms with Crippen LogP contribution >= 0.6 is 0 Å². The number of nitrogens with one attached hydrogen (secondary N) is 1. The van der Waals surface area contributed by atoms with Gasteiger partial charge in [0.15, 0.2) is 5.65 Å². The van der Waals surface area contributed by atoms with Crippen LogP contribution in [0.25, 0.3) is 23.0 Å². The van der Waals surface area contributed by atoms with Crippen LogP contribution in [0.4, 0.5) is 14.5 Å². The Morgan fingerprint density at radius 2 is 1.90 bits per heavy atom. The van der Waals surface area contributed by atoms with Gasteiger partial charge in [0.1, 0.15) is 17.0 Å². The third kappa shape index (κ3) is 4.96. The lowest BCUT2D eigenvalue weighted by Gasteiger charge is -2.21. The monoisotopic (exact) mass is 591 g/mol. The summed E-state index contributed by atoms with van der Waals surface area (Å²) in [4.78, 5) is 19.2. The summed E-state index contributed by atoms with van der Waals surface area (Å²) < 4.78 is 61.7. The summed E-state index contributed by atoms with van der Waals surface area (Å²) in [5.41, 5.74) is 2.32. The van der Waals surface area contributed by atoms with E-state index in [2.05, 4.69) is 20.5 Å². The van der Waals surface area contributed by atoms with E-state index in [1.807, 2.05) is 24.2 Å². The van der Waals surface area contributed by atoms with Crippen molar-refractivity contribution < 1.29 is 26.7 Å². The molecule has 0 radical (unpaired) electrons. The number of hydrogen-bond acceptors (Lipinski definition) is 8. The molecule has 4 heterocycles. The molecule has 1 N–H and O–H groups in total. The molecule has 214 valence electrons. The van der Waals surface area contributed by atoms with Gasteiger partial charge in [0, 0.05) is 44.8 Å². The number of halogens is 2. The number of benzene rings is 2. The predicted molar refractivity (Wildman–Crippen MR) is 149 cm³/mol. The molecule has 14 heteroatoms. The maximum atomic E-state index is 13.7. The van der Waals surface area contributed by atoms with Gasteiger partial charge in [-0.1, -0.05) is 6.07 Å². The number of anilines is 1. The number of aromatic nitrogens is 5. The minimum Gasteiger partial charge on any atom is -0.434 e. The van der Waals surface area contributed by atoms with Crippen molar-refractivity contribution in [3.63, 3.8) is 0 Å². The van der Waals surface area contributed by atoms with E-state index in [9.17, 15) is 22.0 Å². The summed E-state index contributed by atoms with van der Waals surface area (Å²) in [7, 11) is -0.596. The van der Waals surface area contributed by atoms with Crippen molar-refractivity contribution in [2.75, 3.05) is 12.4 Å². The van der Waals surface area contributed by atoms with Crippen LogP contribution in [0.3, 0.4) is 0 Å². The fourth-order valence-corrected chi connectivity index (χ4v) is 6.04. The maximum absolute atomic E-state index is 13.7. The summed E-state index contributed by atoms with van der Waals surface area (Å²) in [6, 6.07) is 10.1. The summed E-state index contributed by atoms with van der Waals surface area (Å²) in [5, 5.41) is 11.2. The van der Waals surface area contributed by atoms with Crippen LogP contribution in [-0.2, 0) is 23.4 Å². The zero-order valence-corrected chi connectivity index (χ0v) is 23.1. The maximum Gasteiger partial charge on any atom is 0.387 e. The fourth-order valence-electron chi connectivity index (χ4n) is 4.72. The van der Waals surface area contributed by atoms with E-state index in [0.717, 1.165) is 17.2 Å². The van der Waals surface area contributed by atoms with Gasteiger partial charge in [0.05, 0.1) is 21.7 Å². The van der Waals surface area contributed by atoms with E-state index in [4.69, 9.17) is 4.74 Å². The van der Waals surface area contributed by atoms with Crippen LogP contribution in [0.5, 0.6) is 5.75 Å². The lowest BCUT2D eigenvalue weighted by Crippen LogP contribution is -2.15. The number of sulfone groups is 1. The number of amides is 1. The first-order valence-corrected chi connectivity index (χ1v) is 14.1. The third-order valence-electron chi connectivity index (χ3n) is 6.69. The molecule has 0 saturated carbocycles. The molecule has 0 spiro atoms. The number of alkyl halides is 2. The number of aryl methyl sites for hydroxylation is 1. The Bertz CT molecular complexity index is 1990. The SMILES string of the molecule is CN1C=Cc2cc(S(=O)(=O)c3ccc(OC(F)F)c(-c4nn(C)cc4NC(=O)c4cnn5cccnc45)c3)ccc2C1. The van der Waals surface area contributed by atoms with Gasteiger partial charge in [-0.2, -0.15) is 19.0 Å². The topological polar surface area (TPSA) is 124 Å². The van der Waals surface area contributed by atoms with Crippen molar-refractivity contribution in [3.8, 4) is 17.0 Å². The van der Waals surface area contributed by atoms with E-state index < -0.39 is 22.4 Å². The number of hydrogen-bond donors (Lipinski definition) is 1. The van der Waals surface area contributed by atoms with Crippen LogP contribution in [0.1, 0.15) is 21.5 Å². The second-order valence-corrected chi connectivity index (χ2v) is 11.5. The zero-order chi connectivity index (χ0) is 29.6. The van der Waals surface area contributed by atoms with E-state index in [0.29, 0.717) is 12.2 Å². The molecule has 3 aromatic heterocycles. The minimum atomic E-state index is -4.08. The Morgan fingerprint density at radius 1 is 1.12 bits per heavy atom. The number of rotatable bonds is 7. The van der Waals surface area contributed by atoms with Gasteiger partial charge < -0.3 is 15.0 Å². The van der Waals surface area contributed by atoms with Gasteiger partial charge in [-0.25, -0.2) is 17.9 Å². The number of carbonyl (C=O) groups is 1. The van der Waals surface area contributed by atoms with Gasteiger partial charge in [0.2, 0.25) is 9.84 Å². The van der Waals surface area contributed by atoms with Gasteiger partial charge in [-0.05, 0) is 59.8 Å². The highest BCUT2D eigenvalue weighted by molar-refractivity contribution is 7.91. The first-order chi connectivity index (χ1) is 20.1. The number of fused-ring (bicyclic) bond motifs is 2. The van der Waals surface area contributed by atoms with Gasteiger partial charge >= 0.3 is 6.61 Å². The fraction of sp³-hybridized carbons (Fsp3) is 0.143. The smallest absolute Gasteiger partial charge is 0.387 e. The lowest BCUT2D eigenvalue weighted by molar-refractivity contribution is -0.0494. The molecule has 1 aliphatic rings. The van der Waals surface area contributed by atoms with Crippen molar-refractivity contribution in [1.29, 1.82) is 0 Å². The van der Waals surface area contributed by atoms with E-state index in [-0.39, 0.29) is 38.0 Å². The molecule has 42 heavy (non-hydrogen) atoms. The normalized spacial score (nSPS) is 13.0. The molecule has 0 fully saturated rings. The van der Waals surface area contributed by atoms with Crippen molar-refractivity contribution in [2.45, 2.75) is 22.9 Å². The van der Waals surface area contributed by atoms with Crippen molar-refractivity contribution in [3.05, 3.63) is 90.1 Å². The van der Waals surface area contributed by atoms with Gasteiger partial charge in [-0.15, -0.1) is 0 Å². The molecule has 0 unspecified atom stereocenters. The molecular formula is C28H23F2N7O4S. The molecule has 0 bridgehead atoms. The Hall–Kier alpha value is -5.11. The molecule has 1 aliphatic heterocycles. The van der Waals surface area contributed by atoms with E-state index in [1.165, 1.54) is 46.0 Å². The quantitative estimate of drug-likeness (QED) is 0.298. The standard InChI is InChI=1S/C28H23F2N7O4S/c1-35-11-8-17-12-19(5-4-18(17)15-35)42(39,40)20-6-7-24(41-28(29)30)21(13-20)25-23(16-36(2)34-25)33-27(38)22-14-32-37-10-3-9-31-26(22)37/h3-14,16,28H,15H2,1-2H3,(H,33,38). The third-order valence-corrected chi connectivity index (χ3v) is 8.44. The first kappa shape index (κ1) is 27.1. The van der Waals surface area contributed by atoms with Crippen LogP contribution in [-0.4, -0.2) is 57.3 Å². The number of carbonyl (C=O) groups excluding carboxylic acids is 1. The van der Waals surface area contributed by atoms with Crippen LogP contribution in [0.15, 0.2) is 83.2 Å². The summed E-state index contributed by atoms with van der Waals surface area (Å²) in [6.07, 6.45) is 9.63. The summed E-state index contributed by atoms with van der Waals surface area (Å²) in [5.74, 6) is -0.891. The average Bonchev–Trinajstić information content (AvgIpc) is 3.55. The molecule has 0 aliphatic carbocycles. The van der Waals surface area contributed by atoms with Gasteiger partial charge in [-0.3, -0.25) is 9.48 Å². The summed E-state index contributed by atoms with van der Waals surface area (Å²) in [6.45, 7) is -2.56. The van der Waals surface area contributed by atoms with Crippen molar-refractivity contribution in [1.82, 2.24) is 29.3 Å². The van der Waals surface area contributed by atoms with Gasteiger partial charge in [0.25, 0.3) is 5.91 Å². The first-order valence-electron chi connectivity index (χ1n) is 12.6. The van der Waals surface area contributed by atoms with E-state index in [1.54, 1.807) is 31.4 Å². The van der Waals surface area contributed by atoms with Crippen LogP contribution < -0.4 is 10.1 Å². The second-order valence-electron chi connectivity index (χ2n) is 9.60. The van der Waals surface area contributed by atoms with Crippen LogP contribution in [0, 0.1) is 0 Å². The second kappa shape index (κ2) is 10.4. The Kier molecular flexibility index (Phi) is 6.69. The highest BCUT2D eigenvalue weighted by Gasteiger charge is 2.26. The summed E-state index contributed by atoms with van der Waals surface area (Å²) >= 11 is 0. The van der Waals surface area contributed by atoms with Crippen molar-refractivity contribution in [2.24, 2.45) is 7.05 Å². The molecule has 11 nitrogen and oxygen atoms in total. The lowest BCUT2D eigenvalue weighted by atomic mass is 10.1. The molecular weight excluding hydrogens is 568 g/mol. The molecule has 2 aromatic carbocycles. The number of ether oxygens (including phenoxy) is 1. The Labute approximate surface area is 238 Å². The molecule has 0 saturated heterocycles. The minimum absolute atomic E-state index is 0.0272. The predicted octanol–water partition coefficient (Wildman–Crippen LogP) is 4.23. The highest BCUT2D eigenvalue weighted by Crippen LogP contribution is 2.38. The molecule has 5 aromatic rings. The zero-order valence-electron chi connectivity index (χ0n) is 22.3. The number of nitrogens with zero attached hydrogens (tertiary/aromatic N) is 6.